The Bertz CT molecular complexity index is 651. The first-order valence-electron chi connectivity index (χ1n) is 4.36. The molecule has 0 aliphatic heterocycles. The molecule has 3 aromatic heterocycles. The lowest BCUT2D eigenvalue weighted by Crippen LogP contribution is -1.95. The second-order valence-corrected chi connectivity index (χ2v) is 4.98. The van der Waals surface area contributed by atoms with Crippen molar-refractivity contribution in [3.63, 3.8) is 0 Å². The average molecular weight is 234 g/mol. The van der Waals surface area contributed by atoms with Crippen LogP contribution in [0.2, 0.25) is 0 Å². The maximum Gasteiger partial charge on any atom is 0.199 e. The number of hydrogen-bond donors (Lipinski definition) is 1. The van der Waals surface area contributed by atoms with Gasteiger partial charge < -0.3 is 4.98 Å². The van der Waals surface area contributed by atoms with E-state index >= 15 is 0 Å². The highest BCUT2D eigenvalue weighted by molar-refractivity contribution is 7.25. The Morgan fingerprint density at radius 2 is 2.33 bits per heavy atom. The SMILES string of the molecule is O=c1cc[nH]c2cc(-c3nccs3)sc12. The van der Waals surface area contributed by atoms with E-state index < -0.39 is 0 Å². The number of nitrogens with one attached hydrogen (secondary N) is 1. The van der Waals surface area contributed by atoms with Crippen LogP contribution in [0.15, 0.2) is 34.7 Å². The summed E-state index contributed by atoms with van der Waals surface area (Å²) in [6.07, 6.45) is 3.44. The molecule has 0 aliphatic carbocycles. The molecule has 0 radical (unpaired) electrons. The monoisotopic (exact) mass is 234 g/mol. The van der Waals surface area contributed by atoms with Crippen LogP contribution in [0.5, 0.6) is 0 Å². The van der Waals surface area contributed by atoms with Crippen LogP contribution in [0, 0.1) is 0 Å². The first-order valence-corrected chi connectivity index (χ1v) is 6.05. The molecule has 0 unspecified atom stereocenters. The van der Waals surface area contributed by atoms with Gasteiger partial charge in [0.05, 0.1) is 15.1 Å². The van der Waals surface area contributed by atoms with Gasteiger partial charge in [0.2, 0.25) is 0 Å². The molecule has 0 fully saturated rings. The van der Waals surface area contributed by atoms with Crippen molar-refractivity contribution in [1.29, 1.82) is 0 Å². The lowest BCUT2D eigenvalue weighted by molar-refractivity contribution is 1.40. The predicted molar refractivity (Wildman–Crippen MR) is 63.6 cm³/mol. The molecule has 3 nitrogen and oxygen atoms in total. The molecule has 0 aliphatic rings. The van der Waals surface area contributed by atoms with E-state index in [0.29, 0.717) is 0 Å². The van der Waals surface area contributed by atoms with Gasteiger partial charge in [-0.25, -0.2) is 4.98 Å². The molecule has 15 heavy (non-hydrogen) atoms. The van der Waals surface area contributed by atoms with Crippen molar-refractivity contribution in [2.75, 3.05) is 0 Å². The summed E-state index contributed by atoms with van der Waals surface area (Å²) in [7, 11) is 0. The summed E-state index contributed by atoms with van der Waals surface area (Å²) in [5.41, 5.74) is 0.953. The van der Waals surface area contributed by atoms with Gasteiger partial charge in [0.15, 0.2) is 5.43 Å². The van der Waals surface area contributed by atoms with Gasteiger partial charge >= 0.3 is 0 Å². The van der Waals surface area contributed by atoms with Gasteiger partial charge in [-0.3, -0.25) is 4.79 Å². The van der Waals surface area contributed by atoms with Crippen LogP contribution in [-0.4, -0.2) is 9.97 Å². The Morgan fingerprint density at radius 3 is 3.07 bits per heavy atom. The van der Waals surface area contributed by atoms with Crippen molar-refractivity contribution >= 4 is 32.9 Å². The van der Waals surface area contributed by atoms with Crippen LogP contribution < -0.4 is 5.43 Å². The second kappa shape index (κ2) is 3.29. The number of thiazole rings is 1. The number of H-pyrrole nitrogens is 1. The zero-order valence-corrected chi connectivity index (χ0v) is 9.19. The molecule has 0 atom stereocenters. The molecule has 1 N–H and O–H groups in total. The zero-order chi connectivity index (χ0) is 10.3. The summed E-state index contributed by atoms with van der Waals surface area (Å²) >= 11 is 3.07. The van der Waals surface area contributed by atoms with Gasteiger partial charge in [-0.05, 0) is 6.07 Å². The van der Waals surface area contributed by atoms with Crippen molar-refractivity contribution in [3.05, 3.63) is 40.1 Å². The van der Waals surface area contributed by atoms with Gasteiger partial charge in [-0.15, -0.1) is 22.7 Å². The lowest BCUT2D eigenvalue weighted by atomic mass is 10.4. The molecule has 0 amide bonds. The maximum absolute atomic E-state index is 11.5. The molecule has 5 heteroatoms. The van der Waals surface area contributed by atoms with E-state index in [2.05, 4.69) is 9.97 Å². The summed E-state index contributed by atoms with van der Waals surface area (Å²) in [6.45, 7) is 0. The topological polar surface area (TPSA) is 45.8 Å². The molecule has 3 heterocycles. The molecular formula is C10H6N2OS2. The first-order chi connectivity index (χ1) is 7.34. The van der Waals surface area contributed by atoms with Gasteiger partial charge in [0, 0.05) is 23.8 Å². The summed E-state index contributed by atoms with van der Waals surface area (Å²) in [5.74, 6) is 0. The molecule has 0 saturated heterocycles. The van der Waals surface area contributed by atoms with Crippen molar-refractivity contribution in [3.8, 4) is 9.88 Å². The van der Waals surface area contributed by atoms with Crippen LogP contribution in [0.4, 0.5) is 0 Å². The van der Waals surface area contributed by atoms with E-state index in [1.807, 2.05) is 11.4 Å². The minimum atomic E-state index is 0.0663. The highest BCUT2D eigenvalue weighted by Crippen LogP contribution is 2.31. The Morgan fingerprint density at radius 1 is 1.40 bits per heavy atom. The van der Waals surface area contributed by atoms with Gasteiger partial charge in [-0.1, -0.05) is 0 Å². The van der Waals surface area contributed by atoms with Crippen molar-refractivity contribution in [2.45, 2.75) is 0 Å². The largest absolute Gasteiger partial charge is 0.360 e. The van der Waals surface area contributed by atoms with E-state index in [-0.39, 0.29) is 5.43 Å². The Balaban J connectivity index is 2.32. The number of hydrogen-bond acceptors (Lipinski definition) is 4. The third-order valence-electron chi connectivity index (χ3n) is 2.07. The van der Waals surface area contributed by atoms with Crippen molar-refractivity contribution in [2.24, 2.45) is 0 Å². The third kappa shape index (κ3) is 1.40. The van der Waals surface area contributed by atoms with Crippen LogP contribution in [0.25, 0.3) is 20.1 Å². The number of aromatic amines is 1. The van der Waals surface area contributed by atoms with E-state index in [9.17, 15) is 4.79 Å². The Labute approximate surface area is 93.1 Å². The molecule has 0 spiro atoms. The van der Waals surface area contributed by atoms with Crippen LogP contribution in [0.1, 0.15) is 0 Å². The number of aromatic nitrogens is 2. The standard InChI is InChI=1S/C10H6N2OS2/c13-7-1-2-11-6-5-8(15-9(6)7)10-12-3-4-14-10/h1-5H,(H,11,13). The molecule has 0 aromatic carbocycles. The minimum Gasteiger partial charge on any atom is -0.360 e. The lowest BCUT2D eigenvalue weighted by Gasteiger charge is -1.83. The number of rotatable bonds is 1. The summed E-state index contributed by atoms with van der Waals surface area (Å²) in [4.78, 5) is 19.9. The number of thiophene rings is 1. The van der Waals surface area contributed by atoms with Gasteiger partial charge in [0.25, 0.3) is 0 Å². The number of fused-ring (bicyclic) bond motifs is 1. The van der Waals surface area contributed by atoms with Crippen molar-refractivity contribution < 1.29 is 0 Å². The molecule has 0 bridgehead atoms. The normalized spacial score (nSPS) is 10.9. The Hall–Kier alpha value is -1.46. The van der Waals surface area contributed by atoms with Crippen LogP contribution in [-0.2, 0) is 0 Å². The highest BCUT2D eigenvalue weighted by Gasteiger charge is 2.07. The van der Waals surface area contributed by atoms with E-state index in [1.165, 1.54) is 11.3 Å². The fourth-order valence-corrected chi connectivity index (χ4v) is 3.16. The summed E-state index contributed by atoms with van der Waals surface area (Å²) in [6, 6.07) is 3.52. The van der Waals surface area contributed by atoms with Gasteiger partial charge in [-0.2, -0.15) is 0 Å². The van der Waals surface area contributed by atoms with E-state index in [4.69, 9.17) is 0 Å². The van der Waals surface area contributed by atoms with E-state index in [0.717, 1.165) is 20.1 Å². The van der Waals surface area contributed by atoms with Crippen molar-refractivity contribution in [1.82, 2.24) is 9.97 Å². The smallest absolute Gasteiger partial charge is 0.199 e. The summed E-state index contributed by atoms with van der Waals surface area (Å²) in [5, 5.41) is 2.89. The second-order valence-electron chi connectivity index (χ2n) is 3.03. The van der Waals surface area contributed by atoms with Crippen LogP contribution >= 0.6 is 22.7 Å². The van der Waals surface area contributed by atoms with Crippen LogP contribution in [0.3, 0.4) is 0 Å². The summed E-state index contributed by atoms with van der Waals surface area (Å²) < 4.78 is 0.766. The Kier molecular flexibility index (Phi) is 1.93. The first kappa shape index (κ1) is 8.82. The molecular weight excluding hydrogens is 228 g/mol. The number of nitrogens with zero attached hydrogens (tertiary/aromatic N) is 1. The van der Waals surface area contributed by atoms with Gasteiger partial charge in [0.1, 0.15) is 5.01 Å². The highest BCUT2D eigenvalue weighted by atomic mass is 32.1. The minimum absolute atomic E-state index is 0.0663. The quantitative estimate of drug-likeness (QED) is 0.703. The number of pyridine rings is 1. The molecule has 0 saturated carbocycles. The predicted octanol–water partition coefficient (Wildman–Crippen LogP) is 2.71. The third-order valence-corrected chi connectivity index (χ3v) is 4.16. The molecule has 3 rings (SSSR count). The molecule has 74 valence electrons. The average Bonchev–Trinajstić information content (AvgIpc) is 2.86. The molecule has 3 aromatic rings. The fourth-order valence-electron chi connectivity index (χ4n) is 1.41. The zero-order valence-electron chi connectivity index (χ0n) is 7.56. The van der Waals surface area contributed by atoms with E-state index in [1.54, 1.807) is 29.8 Å². The maximum atomic E-state index is 11.5. The fraction of sp³-hybridized carbons (Fsp3) is 0.